The van der Waals surface area contributed by atoms with Crippen LogP contribution in [0.5, 0.6) is 5.75 Å². The summed E-state index contributed by atoms with van der Waals surface area (Å²) in [5.41, 5.74) is 1.39. The Bertz CT molecular complexity index is 990. The Hall–Kier alpha value is -3.13. The molecule has 0 fully saturated rings. The average molecular weight is 354 g/mol. The summed E-state index contributed by atoms with van der Waals surface area (Å²) in [4.78, 5) is 11.0. The van der Waals surface area contributed by atoms with Crippen LogP contribution in [0, 0.1) is 0 Å². The van der Waals surface area contributed by atoms with Crippen LogP contribution in [0.4, 0.5) is 0 Å². The highest BCUT2D eigenvalue weighted by molar-refractivity contribution is 5.84. The number of ether oxygens (including phenoxy) is 1. The van der Waals surface area contributed by atoms with Crippen LogP contribution in [0.1, 0.15) is 21.9 Å². The molecule has 0 saturated heterocycles. The third-order valence-corrected chi connectivity index (χ3v) is 4.34. The molecule has 0 radical (unpaired) electrons. The van der Waals surface area contributed by atoms with E-state index >= 15 is 0 Å². The lowest BCUT2D eigenvalue weighted by molar-refractivity contribution is -0.364. The van der Waals surface area contributed by atoms with E-state index in [1.54, 1.807) is 24.3 Å². The van der Waals surface area contributed by atoms with Gasteiger partial charge in [-0.15, -0.1) is 0 Å². The van der Waals surface area contributed by atoms with Crippen LogP contribution in [0.2, 0.25) is 0 Å². The maximum Gasteiger partial charge on any atom is 0.371 e. The minimum atomic E-state index is -3.03. The molecule has 0 amide bonds. The molecule has 4 N–H and O–H groups in total. The molecule has 4 rings (SSSR count). The fourth-order valence-corrected chi connectivity index (χ4v) is 3.03. The Morgan fingerprint density at radius 2 is 1.73 bits per heavy atom. The van der Waals surface area contributed by atoms with Crippen LogP contribution in [0.15, 0.2) is 65.1 Å². The van der Waals surface area contributed by atoms with Gasteiger partial charge in [0.25, 0.3) is 11.6 Å². The minimum absolute atomic E-state index is 0.125. The highest BCUT2D eigenvalue weighted by Crippen LogP contribution is 2.49. The van der Waals surface area contributed by atoms with Gasteiger partial charge in [-0.05, 0) is 35.4 Å². The van der Waals surface area contributed by atoms with Gasteiger partial charge < -0.3 is 29.6 Å². The molecule has 3 aromatic rings. The Morgan fingerprint density at radius 1 is 1.00 bits per heavy atom. The standard InChI is InChI=1S/C19H14O7/c20-17(21)15-8-9-16(25-15)18(22,23)19(24)14-10-12(26-19)6-7-13(14)11-4-2-1-3-5-11/h1-10,22-24H,(H,20,21). The number of hydrogen-bond donors (Lipinski definition) is 4. The van der Waals surface area contributed by atoms with Gasteiger partial charge in [-0.25, -0.2) is 4.79 Å². The van der Waals surface area contributed by atoms with Gasteiger partial charge in [0.05, 0.1) is 0 Å². The van der Waals surface area contributed by atoms with Crippen molar-refractivity contribution in [3.8, 4) is 16.9 Å². The molecule has 7 heteroatoms. The van der Waals surface area contributed by atoms with Crippen LogP contribution >= 0.6 is 0 Å². The molecule has 0 saturated carbocycles. The van der Waals surface area contributed by atoms with Gasteiger partial charge in [0.1, 0.15) is 5.75 Å². The topological polar surface area (TPSA) is 120 Å². The molecular weight excluding hydrogens is 340 g/mol. The fourth-order valence-electron chi connectivity index (χ4n) is 3.03. The number of rotatable bonds is 4. The van der Waals surface area contributed by atoms with Gasteiger partial charge in [-0.1, -0.05) is 36.4 Å². The summed E-state index contributed by atoms with van der Waals surface area (Å²) in [6.07, 6.45) is 0. The first-order valence-corrected chi connectivity index (χ1v) is 7.72. The van der Waals surface area contributed by atoms with Crippen molar-refractivity contribution in [1.29, 1.82) is 0 Å². The molecule has 2 heterocycles. The maximum atomic E-state index is 11.0. The smallest absolute Gasteiger partial charge is 0.371 e. The van der Waals surface area contributed by atoms with Crippen LogP contribution in [-0.4, -0.2) is 26.4 Å². The minimum Gasteiger partial charge on any atom is -0.475 e. The molecule has 0 spiro atoms. The average Bonchev–Trinajstić information content (AvgIpc) is 3.22. The van der Waals surface area contributed by atoms with Gasteiger partial charge in [-0.3, -0.25) is 0 Å². The highest BCUT2D eigenvalue weighted by Gasteiger charge is 2.59. The van der Waals surface area contributed by atoms with Crippen molar-refractivity contribution in [3.05, 3.63) is 77.7 Å². The molecule has 7 nitrogen and oxygen atoms in total. The molecule has 2 aromatic carbocycles. The van der Waals surface area contributed by atoms with Gasteiger partial charge >= 0.3 is 5.97 Å². The van der Waals surface area contributed by atoms with Crippen molar-refractivity contribution in [2.24, 2.45) is 0 Å². The first-order chi connectivity index (χ1) is 12.3. The summed E-state index contributed by atoms with van der Waals surface area (Å²) >= 11 is 0. The van der Waals surface area contributed by atoms with Crippen LogP contribution in [0.3, 0.4) is 0 Å². The number of furan rings is 1. The van der Waals surface area contributed by atoms with Crippen molar-refractivity contribution in [2.45, 2.75) is 11.6 Å². The summed E-state index contributed by atoms with van der Waals surface area (Å²) in [6, 6.07) is 15.9. The third-order valence-electron chi connectivity index (χ3n) is 4.34. The number of carboxylic acids is 1. The fraction of sp³-hybridized carbons (Fsp3) is 0.105. The van der Waals surface area contributed by atoms with E-state index in [1.807, 2.05) is 18.2 Å². The zero-order chi connectivity index (χ0) is 18.5. The molecule has 1 aromatic heterocycles. The summed E-state index contributed by atoms with van der Waals surface area (Å²) < 4.78 is 10.3. The van der Waals surface area contributed by atoms with Crippen molar-refractivity contribution < 1.29 is 34.4 Å². The van der Waals surface area contributed by atoms with E-state index in [2.05, 4.69) is 0 Å². The van der Waals surface area contributed by atoms with Gasteiger partial charge in [0, 0.05) is 5.56 Å². The maximum absolute atomic E-state index is 11.0. The van der Waals surface area contributed by atoms with E-state index in [-0.39, 0.29) is 11.3 Å². The quantitative estimate of drug-likeness (QED) is 0.529. The summed E-state index contributed by atoms with van der Waals surface area (Å²) in [5, 5.41) is 41.3. The first-order valence-electron chi connectivity index (χ1n) is 7.72. The molecule has 132 valence electrons. The number of hydrogen-bond acceptors (Lipinski definition) is 6. The predicted molar refractivity (Wildman–Crippen MR) is 88.2 cm³/mol. The second kappa shape index (κ2) is 5.43. The van der Waals surface area contributed by atoms with Crippen molar-refractivity contribution in [1.82, 2.24) is 0 Å². The molecule has 1 unspecified atom stereocenters. The van der Waals surface area contributed by atoms with E-state index in [4.69, 9.17) is 14.3 Å². The summed E-state index contributed by atoms with van der Waals surface area (Å²) in [7, 11) is 0. The monoisotopic (exact) mass is 354 g/mol. The van der Waals surface area contributed by atoms with Gasteiger partial charge in [0.2, 0.25) is 5.76 Å². The van der Waals surface area contributed by atoms with Crippen LogP contribution in [-0.2, 0) is 11.6 Å². The second-order valence-electron chi connectivity index (χ2n) is 5.96. The lowest BCUT2D eigenvalue weighted by Crippen LogP contribution is -2.51. The normalized spacial score (nSPS) is 18.6. The largest absolute Gasteiger partial charge is 0.475 e. The van der Waals surface area contributed by atoms with Crippen molar-refractivity contribution in [3.63, 3.8) is 0 Å². The van der Waals surface area contributed by atoms with E-state index in [9.17, 15) is 20.1 Å². The summed E-state index contributed by atoms with van der Waals surface area (Å²) in [5.74, 6) is -7.80. The van der Waals surface area contributed by atoms with Crippen LogP contribution < -0.4 is 4.74 Å². The molecular formula is C19H14O7. The highest BCUT2D eigenvalue weighted by atomic mass is 16.7. The van der Waals surface area contributed by atoms with E-state index in [0.29, 0.717) is 5.56 Å². The molecule has 1 aliphatic rings. The van der Waals surface area contributed by atoms with Gasteiger partial charge in [-0.2, -0.15) is 0 Å². The number of fused-ring (bicyclic) bond motifs is 2. The molecule has 0 aliphatic carbocycles. The SMILES string of the molecule is O=C(O)c1ccc(C(O)(O)C2(O)Oc3ccc(-c4ccccc4)c2c3)o1. The predicted octanol–water partition coefficient (Wildman–Crippen LogP) is 2.02. The number of carbonyl (C=O) groups is 1. The zero-order valence-corrected chi connectivity index (χ0v) is 13.3. The second-order valence-corrected chi connectivity index (χ2v) is 5.96. The van der Waals surface area contributed by atoms with E-state index in [1.165, 1.54) is 6.07 Å². The zero-order valence-electron chi connectivity index (χ0n) is 13.3. The Morgan fingerprint density at radius 3 is 2.38 bits per heavy atom. The number of aliphatic hydroxyl groups is 3. The third kappa shape index (κ3) is 2.22. The molecule has 2 bridgehead atoms. The molecule has 1 aliphatic heterocycles. The molecule has 26 heavy (non-hydrogen) atoms. The van der Waals surface area contributed by atoms with Gasteiger partial charge in [0.15, 0.2) is 5.76 Å². The Balaban J connectivity index is 1.84. The van der Waals surface area contributed by atoms with Crippen molar-refractivity contribution >= 4 is 5.97 Å². The lowest BCUT2D eigenvalue weighted by atomic mass is 9.90. The summed E-state index contributed by atoms with van der Waals surface area (Å²) in [6.45, 7) is 0. The Labute approximate surface area is 147 Å². The number of benzene rings is 2. The van der Waals surface area contributed by atoms with Crippen molar-refractivity contribution in [2.75, 3.05) is 0 Å². The van der Waals surface area contributed by atoms with E-state index in [0.717, 1.165) is 17.7 Å². The lowest BCUT2D eigenvalue weighted by Gasteiger charge is -2.35. The van der Waals surface area contributed by atoms with E-state index < -0.39 is 29.1 Å². The Kier molecular flexibility index (Phi) is 3.42. The first kappa shape index (κ1) is 16.3. The number of aromatic carboxylic acids is 1. The van der Waals surface area contributed by atoms with Crippen LogP contribution in [0.25, 0.3) is 11.1 Å². The number of carboxylic acid groups (broad SMARTS) is 1. The molecule has 1 atom stereocenters.